The van der Waals surface area contributed by atoms with Crippen molar-refractivity contribution in [3.63, 3.8) is 0 Å². The molecule has 0 spiro atoms. The van der Waals surface area contributed by atoms with Crippen molar-refractivity contribution in [2.75, 3.05) is 31.9 Å². The van der Waals surface area contributed by atoms with E-state index in [1.165, 1.54) is 5.56 Å². The minimum absolute atomic E-state index is 0.435. The Morgan fingerprint density at radius 3 is 2.30 bits per heavy atom. The summed E-state index contributed by atoms with van der Waals surface area (Å²) in [5, 5.41) is 6.91. The molecular weight excluding hydrogens is 392 g/mol. The van der Waals surface area contributed by atoms with Gasteiger partial charge in [-0.25, -0.2) is 0 Å². The lowest BCUT2D eigenvalue weighted by atomic mass is 10.0. The monoisotopic (exact) mass is 426 g/mol. The SMILES string of the molecule is CCNC(=NCCS(=O)Cc1ccccc1)NC1CCN(Cc2ccccc2)CC1. The molecule has 0 radical (unpaired) electrons. The fourth-order valence-electron chi connectivity index (χ4n) is 3.68. The van der Waals surface area contributed by atoms with Gasteiger partial charge in [0.2, 0.25) is 0 Å². The summed E-state index contributed by atoms with van der Waals surface area (Å²) in [7, 11) is -0.892. The Kier molecular flexibility index (Phi) is 9.38. The van der Waals surface area contributed by atoms with Crippen molar-refractivity contribution in [1.82, 2.24) is 15.5 Å². The highest BCUT2D eigenvalue weighted by Crippen LogP contribution is 2.13. The van der Waals surface area contributed by atoms with Gasteiger partial charge in [0, 0.05) is 54.5 Å². The molecule has 2 aromatic rings. The molecule has 3 rings (SSSR count). The summed E-state index contributed by atoms with van der Waals surface area (Å²) in [6.07, 6.45) is 2.22. The lowest BCUT2D eigenvalue weighted by Crippen LogP contribution is -2.48. The van der Waals surface area contributed by atoms with Crippen LogP contribution in [-0.2, 0) is 23.1 Å². The molecule has 0 aliphatic carbocycles. The van der Waals surface area contributed by atoms with Crippen LogP contribution in [0.15, 0.2) is 65.7 Å². The van der Waals surface area contributed by atoms with Crippen molar-refractivity contribution in [3.8, 4) is 0 Å². The largest absolute Gasteiger partial charge is 0.357 e. The van der Waals surface area contributed by atoms with Gasteiger partial charge in [-0.15, -0.1) is 0 Å². The fraction of sp³-hybridized carbons (Fsp3) is 0.458. The third-order valence-electron chi connectivity index (χ3n) is 5.28. The average molecular weight is 427 g/mol. The Labute approximate surface area is 183 Å². The Morgan fingerprint density at radius 2 is 1.67 bits per heavy atom. The van der Waals surface area contributed by atoms with Crippen molar-refractivity contribution in [1.29, 1.82) is 0 Å². The maximum atomic E-state index is 12.3. The Bertz CT molecular complexity index is 789. The van der Waals surface area contributed by atoms with E-state index in [0.717, 1.165) is 50.5 Å². The first-order valence-electron chi connectivity index (χ1n) is 10.9. The van der Waals surface area contributed by atoms with Crippen LogP contribution in [0.1, 0.15) is 30.9 Å². The fourth-order valence-corrected chi connectivity index (χ4v) is 4.69. The molecule has 0 bridgehead atoms. The summed E-state index contributed by atoms with van der Waals surface area (Å²) in [5.74, 6) is 2.02. The number of likely N-dealkylation sites (tertiary alicyclic amines) is 1. The van der Waals surface area contributed by atoms with Gasteiger partial charge >= 0.3 is 0 Å². The predicted molar refractivity (Wildman–Crippen MR) is 127 cm³/mol. The highest BCUT2D eigenvalue weighted by molar-refractivity contribution is 7.84. The van der Waals surface area contributed by atoms with Crippen molar-refractivity contribution in [2.45, 2.75) is 38.1 Å². The van der Waals surface area contributed by atoms with Gasteiger partial charge in [-0.1, -0.05) is 60.7 Å². The molecule has 1 aliphatic heterocycles. The van der Waals surface area contributed by atoms with E-state index >= 15 is 0 Å². The van der Waals surface area contributed by atoms with Gasteiger partial charge in [0.15, 0.2) is 5.96 Å². The molecule has 1 heterocycles. The summed E-state index contributed by atoms with van der Waals surface area (Å²) in [6.45, 7) is 6.68. The minimum Gasteiger partial charge on any atom is -0.357 e. The van der Waals surface area contributed by atoms with E-state index in [1.54, 1.807) is 0 Å². The van der Waals surface area contributed by atoms with Crippen LogP contribution in [0, 0.1) is 0 Å². The number of aliphatic imine (C=N–C) groups is 1. The highest BCUT2D eigenvalue weighted by atomic mass is 32.2. The maximum absolute atomic E-state index is 12.3. The van der Waals surface area contributed by atoms with Crippen molar-refractivity contribution in [3.05, 3.63) is 71.8 Å². The Hall–Kier alpha value is -2.18. The quantitative estimate of drug-likeness (QED) is 0.478. The lowest BCUT2D eigenvalue weighted by Gasteiger charge is -2.33. The Balaban J connectivity index is 1.41. The first-order valence-corrected chi connectivity index (χ1v) is 12.4. The molecule has 30 heavy (non-hydrogen) atoms. The number of nitrogens with one attached hydrogen (secondary N) is 2. The van der Waals surface area contributed by atoms with Gasteiger partial charge in [-0.3, -0.25) is 14.1 Å². The van der Waals surface area contributed by atoms with Crippen LogP contribution in [0.4, 0.5) is 0 Å². The van der Waals surface area contributed by atoms with Crippen molar-refractivity contribution < 1.29 is 4.21 Å². The zero-order chi connectivity index (χ0) is 21.0. The summed E-state index contributed by atoms with van der Waals surface area (Å²) in [5.41, 5.74) is 2.49. The third kappa shape index (κ3) is 7.92. The summed E-state index contributed by atoms with van der Waals surface area (Å²) < 4.78 is 12.3. The molecule has 2 N–H and O–H groups in total. The smallest absolute Gasteiger partial charge is 0.191 e. The van der Waals surface area contributed by atoms with E-state index in [0.29, 0.717) is 24.1 Å². The number of hydrogen-bond donors (Lipinski definition) is 2. The van der Waals surface area contributed by atoms with E-state index in [4.69, 9.17) is 0 Å². The minimum atomic E-state index is -0.892. The highest BCUT2D eigenvalue weighted by Gasteiger charge is 2.20. The Morgan fingerprint density at radius 1 is 1.03 bits per heavy atom. The zero-order valence-corrected chi connectivity index (χ0v) is 18.7. The first kappa shape index (κ1) is 22.5. The van der Waals surface area contributed by atoms with Gasteiger partial charge in [0.05, 0.1) is 6.54 Å². The van der Waals surface area contributed by atoms with Crippen molar-refractivity contribution in [2.24, 2.45) is 4.99 Å². The number of guanidine groups is 1. The summed E-state index contributed by atoms with van der Waals surface area (Å²) >= 11 is 0. The number of rotatable bonds is 9. The summed E-state index contributed by atoms with van der Waals surface area (Å²) in [4.78, 5) is 7.18. The molecule has 6 heteroatoms. The molecule has 2 aromatic carbocycles. The van der Waals surface area contributed by atoms with Gasteiger partial charge in [-0.05, 0) is 30.9 Å². The second-order valence-corrected chi connectivity index (χ2v) is 9.29. The molecule has 1 unspecified atom stereocenters. The van der Waals surface area contributed by atoms with Crippen LogP contribution in [0.3, 0.4) is 0 Å². The molecule has 1 saturated heterocycles. The van der Waals surface area contributed by atoms with Crippen LogP contribution >= 0.6 is 0 Å². The van der Waals surface area contributed by atoms with E-state index in [-0.39, 0.29) is 0 Å². The van der Waals surface area contributed by atoms with Crippen LogP contribution in [-0.4, -0.2) is 53.0 Å². The van der Waals surface area contributed by atoms with E-state index < -0.39 is 10.8 Å². The molecule has 0 amide bonds. The van der Waals surface area contributed by atoms with Gasteiger partial charge < -0.3 is 10.6 Å². The van der Waals surface area contributed by atoms with Crippen LogP contribution < -0.4 is 10.6 Å². The van der Waals surface area contributed by atoms with Gasteiger partial charge in [0.1, 0.15) is 0 Å². The molecule has 1 atom stereocenters. The normalized spacial score (nSPS) is 16.9. The molecular formula is C24H34N4OS. The third-order valence-corrected chi connectivity index (χ3v) is 6.57. The molecule has 1 fully saturated rings. The maximum Gasteiger partial charge on any atom is 0.191 e. The standard InChI is InChI=1S/C24H34N4OS/c1-2-25-24(26-15-18-30(29)20-22-11-7-4-8-12-22)27-23-13-16-28(17-14-23)19-21-9-5-3-6-10-21/h3-12,23H,2,13-20H2,1H3,(H2,25,26,27). The number of piperidine rings is 1. The van der Waals surface area contributed by atoms with Gasteiger partial charge in [-0.2, -0.15) is 0 Å². The van der Waals surface area contributed by atoms with E-state index in [2.05, 4.69) is 57.8 Å². The second-order valence-electron chi connectivity index (χ2n) is 7.71. The molecule has 1 aliphatic rings. The van der Waals surface area contributed by atoms with Crippen LogP contribution in [0.25, 0.3) is 0 Å². The van der Waals surface area contributed by atoms with E-state index in [9.17, 15) is 4.21 Å². The number of nitrogens with zero attached hydrogens (tertiary/aromatic N) is 2. The van der Waals surface area contributed by atoms with Gasteiger partial charge in [0.25, 0.3) is 0 Å². The topological polar surface area (TPSA) is 56.7 Å². The second kappa shape index (κ2) is 12.5. The summed E-state index contributed by atoms with van der Waals surface area (Å²) in [6, 6.07) is 21.1. The first-order chi connectivity index (χ1) is 14.7. The number of hydrogen-bond acceptors (Lipinski definition) is 3. The molecule has 0 aromatic heterocycles. The van der Waals surface area contributed by atoms with E-state index in [1.807, 2.05) is 30.3 Å². The van der Waals surface area contributed by atoms with Crippen LogP contribution in [0.2, 0.25) is 0 Å². The molecule has 0 saturated carbocycles. The molecule has 162 valence electrons. The van der Waals surface area contributed by atoms with Crippen molar-refractivity contribution >= 4 is 16.8 Å². The average Bonchev–Trinajstić information content (AvgIpc) is 2.77. The van der Waals surface area contributed by atoms with Crippen LogP contribution in [0.5, 0.6) is 0 Å². The predicted octanol–water partition coefficient (Wildman–Crippen LogP) is 3.16. The number of benzene rings is 2. The molecule has 5 nitrogen and oxygen atoms in total. The lowest BCUT2D eigenvalue weighted by molar-refractivity contribution is 0.198. The zero-order valence-electron chi connectivity index (χ0n) is 17.9.